The van der Waals surface area contributed by atoms with Crippen molar-refractivity contribution in [3.63, 3.8) is 0 Å². The van der Waals surface area contributed by atoms with Gasteiger partial charge in [0, 0.05) is 36.8 Å². The highest BCUT2D eigenvalue weighted by molar-refractivity contribution is 9.10. The molecule has 0 aliphatic carbocycles. The van der Waals surface area contributed by atoms with Crippen LogP contribution < -0.4 is 4.90 Å². The zero-order chi connectivity index (χ0) is 12.3. The van der Waals surface area contributed by atoms with Gasteiger partial charge < -0.3 is 14.9 Å². The molecule has 17 heavy (non-hydrogen) atoms. The molecule has 1 amide bonds. The van der Waals surface area contributed by atoms with Gasteiger partial charge in [0.05, 0.1) is 0 Å². The van der Waals surface area contributed by atoms with E-state index in [9.17, 15) is 4.79 Å². The third-order valence-electron chi connectivity index (χ3n) is 2.80. The van der Waals surface area contributed by atoms with Gasteiger partial charge in [-0.1, -0.05) is 0 Å². The maximum atomic E-state index is 10.9. The molecular weight excluding hydrogens is 286 g/mol. The average molecular weight is 300 g/mol. The largest absolute Gasteiger partial charge is 0.465 e. The predicted octanol–water partition coefficient (Wildman–Crippen LogP) is 2.03. The topological polar surface area (TPSA) is 56.7 Å². The lowest BCUT2D eigenvalue weighted by Crippen LogP contribution is -2.34. The highest BCUT2D eigenvalue weighted by Crippen LogP contribution is 2.16. The van der Waals surface area contributed by atoms with E-state index in [1.165, 1.54) is 4.90 Å². The summed E-state index contributed by atoms with van der Waals surface area (Å²) in [4.78, 5) is 18.8. The van der Waals surface area contributed by atoms with Crippen molar-refractivity contribution in [1.82, 2.24) is 9.88 Å². The Balaban J connectivity index is 2.03. The number of hydrogen-bond donors (Lipinski definition) is 1. The van der Waals surface area contributed by atoms with Gasteiger partial charge in [-0.05, 0) is 34.5 Å². The minimum atomic E-state index is -0.837. The summed E-state index contributed by atoms with van der Waals surface area (Å²) in [7, 11) is 0. The van der Waals surface area contributed by atoms with Crippen LogP contribution >= 0.6 is 15.9 Å². The van der Waals surface area contributed by atoms with Crippen molar-refractivity contribution in [1.29, 1.82) is 0 Å². The first-order chi connectivity index (χ1) is 8.16. The number of hydrogen-bond acceptors (Lipinski definition) is 3. The summed E-state index contributed by atoms with van der Waals surface area (Å²) in [6.07, 6.45) is 1.76. The highest BCUT2D eigenvalue weighted by atomic mass is 79.9. The molecule has 0 saturated carbocycles. The van der Waals surface area contributed by atoms with Gasteiger partial charge in [-0.15, -0.1) is 0 Å². The molecule has 0 aromatic carbocycles. The molecule has 1 fully saturated rings. The smallest absolute Gasteiger partial charge is 0.407 e. The number of aromatic nitrogens is 1. The van der Waals surface area contributed by atoms with E-state index >= 15 is 0 Å². The number of rotatable bonds is 1. The van der Waals surface area contributed by atoms with Crippen molar-refractivity contribution in [2.45, 2.75) is 6.42 Å². The van der Waals surface area contributed by atoms with E-state index in [1.807, 2.05) is 12.1 Å². The molecule has 1 aromatic heterocycles. The molecule has 0 radical (unpaired) electrons. The fraction of sp³-hybridized carbons (Fsp3) is 0.455. The Bertz CT molecular complexity index is 396. The van der Waals surface area contributed by atoms with Crippen molar-refractivity contribution in [3.05, 3.63) is 22.8 Å². The van der Waals surface area contributed by atoms with E-state index in [4.69, 9.17) is 5.11 Å². The second kappa shape index (κ2) is 5.35. The Hall–Kier alpha value is -1.30. The van der Waals surface area contributed by atoms with Crippen molar-refractivity contribution < 1.29 is 9.90 Å². The van der Waals surface area contributed by atoms with E-state index < -0.39 is 6.09 Å². The summed E-state index contributed by atoms with van der Waals surface area (Å²) in [5.41, 5.74) is 0. The van der Waals surface area contributed by atoms with Gasteiger partial charge in [0.25, 0.3) is 0 Å². The Morgan fingerprint density at radius 2 is 2.12 bits per heavy atom. The van der Waals surface area contributed by atoms with Gasteiger partial charge in [-0.25, -0.2) is 9.78 Å². The molecule has 0 unspecified atom stereocenters. The molecule has 2 heterocycles. The summed E-state index contributed by atoms with van der Waals surface area (Å²) in [6.45, 7) is 2.68. The molecule has 1 aliphatic heterocycles. The van der Waals surface area contributed by atoms with Gasteiger partial charge in [-0.3, -0.25) is 0 Å². The molecule has 2 rings (SSSR count). The van der Waals surface area contributed by atoms with E-state index in [1.54, 1.807) is 6.20 Å². The van der Waals surface area contributed by atoms with Gasteiger partial charge >= 0.3 is 6.09 Å². The van der Waals surface area contributed by atoms with E-state index in [0.717, 1.165) is 23.3 Å². The van der Waals surface area contributed by atoms with Gasteiger partial charge in [0.1, 0.15) is 5.82 Å². The van der Waals surface area contributed by atoms with Gasteiger partial charge in [0.2, 0.25) is 0 Å². The molecule has 0 spiro atoms. The first kappa shape index (κ1) is 12.2. The fourth-order valence-corrected chi connectivity index (χ4v) is 2.13. The van der Waals surface area contributed by atoms with Crippen molar-refractivity contribution in [2.24, 2.45) is 0 Å². The molecule has 1 N–H and O–H groups in total. The van der Waals surface area contributed by atoms with Crippen LogP contribution in [-0.2, 0) is 0 Å². The van der Waals surface area contributed by atoms with Crippen molar-refractivity contribution >= 4 is 27.8 Å². The van der Waals surface area contributed by atoms with Crippen molar-refractivity contribution in [2.75, 3.05) is 31.1 Å². The lowest BCUT2D eigenvalue weighted by atomic mass is 10.3. The zero-order valence-corrected chi connectivity index (χ0v) is 10.9. The van der Waals surface area contributed by atoms with Crippen LogP contribution in [0.4, 0.5) is 10.6 Å². The number of carboxylic acid groups (broad SMARTS) is 1. The van der Waals surface area contributed by atoms with E-state index in [2.05, 4.69) is 25.8 Å². The number of nitrogens with zero attached hydrogens (tertiary/aromatic N) is 3. The lowest BCUT2D eigenvalue weighted by molar-refractivity contribution is 0.148. The number of pyridine rings is 1. The monoisotopic (exact) mass is 299 g/mol. The van der Waals surface area contributed by atoms with Crippen LogP contribution in [0, 0.1) is 0 Å². The Kier molecular flexibility index (Phi) is 3.83. The molecule has 0 atom stereocenters. The van der Waals surface area contributed by atoms with E-state index in [0.29, 0.717) is 19.6 Å². The molecule has 92 valence electrons. The number of halogens is 1. The SMILES string of the molecule is O=C(O)N1CCCN(c2ccc(Br)cn2)CC1. The third kappa shape index (κ3) is 3.09. The number of amides is 1. The number of anilines is 1. The van der Waals surface area contributed by atoms with Crippen LogP contribution in [0.15, 0.2) is 22.8 Å². The zero-order valence-electron chi connectivity index (χ0n) is 9.34. The summed E-state index contributed by atoms with van der Waals surface area (Å²) in [5.74, 6) is 0.903. The summed E-state index contributed by atoms with van der Waals surface area (Å²) >= 11 is 3.35. The molecule has 1 aromatic rings. The Morgan fingerprint density at radius 3 is 2.76 bits per heavy atom. The van der Waals surface area contributed by atoms with Crippen molar-refractivity contribution in [3.8, 4) is 0 Å². The van der Waals surface area contributed by atoms with Crippen LogP contribution in [-0.4, -0.2) is 47.3 Å². The standard InChI is InChI=1S/C11H14BrN3O2/c12-9-2-3-10(13-8-9)14-4-1-5-15(7-6-14)11(16)17/h2-3,8H,1,4-7H2,(H,16,17). The average Bonchev–Trinajstić information content (AvgIpc) is 2.55. The van der Waals surface area contributed by atoms with Crippen LogP contribution in [0.3, 0.4) is 0 Å². The summed E-state index contributed by atoms with van der Waals surface area (Å²) in [6, 6.07) is 3.89. The van der Waals surface area contributed by atoms with Gasteiger partial charge in [0.15, 0.2) is 0 Å². The quantitative estimate of drug-likeness (QED) is 0.862. The molecular formula is C11H14BrN3O2. The molecule has 6 heteroatoms. The predicted molar refractivity (Wildman–Crippen MR) is 68.4 cm³/mol. The molecule has 0 bridgehead atoms. The van der Waals surface area contributed by atoms with Crippen LogP contribution in [0.25, 0.3) is 0 Å². The minimum Gasteiger partial charge on any atom is -0.465 e. The highest BCUT2D eigenvalue weighted by Gasteiger charge is 2.18. The Morgan fingerprint density at radius 1 is 1.29 bits per heavy atom. The second-order valence-corrected chi connectivity index (χ2v) is 4.86. The van der Waals surface area contributed by atoms with Crippen LogP contribution in [0.5, 0.6) is 0 Å². The summed E-state index contributed by atoms with van der Waals surface area (Å²) < 4.78 is 0.947. The first-order valence-corrected chi connectivity index (χ1v) is 6.30. The summed E-state index contributed by atoms with van der Waals surface area (Å²) in [5, 5.41) is 8.94. The molecule has 5 nitrogen and oxygen atoms in total. The fourth-order valence-electron chi connectivity index (χ4n) is 1.89. The minimum absolute atomic E-state index is 0.535. The third-order valence-corrected chi connectivity index (χ3v) is 3.27. The maximum absolute atomic E-state index is 10.9. The Labute approximate surface area is 108 Å². The normalized spacial score (nSPS) is 16.8. The maximum Gasteiger partial charge on any atom is 0.407 e. The van der Waals surface area contributed by atoms with Crippen LogP contribution in [0.2, 0.25) is 0 Å². The van der Waals surface area contributed by atoms with E-state index in [-0.39, 0.29) is 0 Å². The lowest BCUT2D eigenvalue weighted by Gasteiger charge is -2.21. The van der Waals surface area contributed by atoms with Gasteiger partial charge in [-0.2, -0.15) is 0 Å². The first-order valence-electron chi connectivity index (χ1n) is 5.51. The molecule has 1 aliphatic rings. The second-order valence-electron chi connectivity index (χ2n) is 3.94. The number of carbonyl (C=O) groups is 1. The van der Waals surface area contributed by atoms with Crippen LogP contribution in [0.1, 0.15) is 6.42 Å². The molecule has 1 saturated heterocycles.